The summed E-state index contributed by atoms with van der Waals surface area (Å²) in [7, 11) is 0. The van der Waals surface area contributed by atoms with Crippen LogP contribution in [0.4, 0.5) is 0 Å². The quantitative estimate of drug-likeness (QED) is 0.544. The number of nitriles is 1. The van der Waals surface area contributed by atoms with Crippen LogP contribution < -0.4 is 0 Å². The molecule has 0 bridgehead atoms. The van der Waals surface area contributed by atoms with Gasteiger partial charge in [0.1, 0.15) is 18.7 Å². The van der Waals surface area contributed by atoms with E-state index in [1.54, 1.807) is 29.3 Å². The lowest BCUT2D eigenvalue weighted by Gasteiger charge is -1.87. The largest absolute Gasteiger partial charge is 0.288 e. The second kappa shape index (κ2) is 2.06. The van der Waals surface area contributed by atoms with Crippen molar-refractivity contribution in [2.45, 2.75) is 0 Å². The van der Waals surface area contributed by atoms with E-state index in [1.165, 1.54) is 0 Å². The van der Waals surface area contributed by atoms with Crippen molar-refractivity contribution >= 4 is 5.52 Å². The van der Waals surface area contributed by atoms with Gasteiger partial charge in [0.15, 0.2) is 5.69 Å². The van der Waals surface area contributed by atoms with E-state index in [2.05, 4.69) is 9.97 Å². The molecule has 0 fully saturated rings. The molecule has 0 unspecified atom stereocenters. The fraction of sp³-hybridized carbons (Fsp3) is 0. The number of imidazole rings is 1. The van der Waals surface area contributed by atoms with Crippen LogP contribution in [0.2, 0.25) is 0 Å². The number of aromatic nitrogens is 3. The first-order valence-corrected chi connectivity index (χ1v) is 3.08. The molecule has 2 heterocycles. The monoisotopic (exact) mass is 144 g/mol. The zero-order chi connectivity index (χ0) is 7.68. The van der Waals surface area contributed by atoms with Gasteiger partial charge in [-0.25, -0.2) is 9.97 Å². The van der Waals surface area contributed by atoms with Gasteiger partial charge in [0, 0.05) is 6.20 Å². The van der Waals surface area contributed by atoms with Crippen molar-refractivity contribution in [2.24, 2.45) is 0 Å². The minimum Gasteiger partial charge on any atom is -0.288 e. The van der Waals surface area contributed by atoms with Crippen LogP contribution in [0, 0.1) is 11.3 Å². The summed E-state index contributed by atoms with van der Waals surface area (Å²) in [6.45, 7) is 0. The second-order valence-electron chi connectivity index (χ2n) is 2.08. The molecule has 52 valence electrons. The number of nitrogens with zero attached hydrogens (tertiary/aromatic N) is 4. The lowest BCUT2D eigenvalue weighted by Crippen LogP contribution is -1.82. The van der Waals surface area contributed by atoms with Crippen LogP contribution in [0.1, 0.15) is 5.69 Å². The zero-order valence-corrected chi connectivity index (χ0v) is 5.60. The molecule has 4 nitrogen and oxygen atoms in total. The van der Waals surface area contributed by atoms with Gasteiger partial charge >= 0.3 is 0 Å². The number of fused-ring (bicyclic) bond motifs is 1. The Morgan fingerprint density at radius 3 is 3.18 bits per heavy atom. The van der Waals surface area contributed by atoms with Crippen molar-refractivity contribution in [3.05, 3.63) is 30.6 Å². The molecule has 0 spiro atoms. The minimum atomic E-state index is 0.437. The van der Waals surface area contributed by atoms with E-state index >= 15 is 0 Å². The Hall–Kier alpha value is -1.89. The van der Waals surface area contributed by atoms with E-state index in [9.17, 15) is 0 Å². The molecule has 0 aromatic carbocycles. The Balaban J connectivity index is 2.89. The molecule has 0 aliphatic carbocycles. The van der Waals surface area contributed by atoms with Crippen LogP contribution in [-0.4, -0.2) is 14.4 Å². The van der Waals surface area contributed by atoms with Crippen molar-refractivity contribution in [1.29, 1.82) is 5.26 Å². The van der Waals surface area contributed by atoms with Gasteiger partial charge in [-0.1, -0.05) is 0 Å². The van der Waals surface area contributed by atoms with Gasteiger partial charge in [0.05, 0.1) is 5.52 Å². The zero-order valence-electron chi connectivity index (χ0n) is 5.60. The van der Waals surface area contributed by atoms with Gasteiger partial charge in [-0.3, -0.25) is 4.40 Å². The Morgan fingerprint density at radius 1 is 1.45 bits per heavy atom. The summed E-state index contributed by atoms with van der Waals surface area (Å²) < 4.78 is 1.71. The van der Waals surface area contributed by atoms with E-state index < -0.39 is 0 Å². The molecule has 11 heavy (non-hydrogen) atoms. The first-order chi connectivity index (χ1) is 5.42. The third kappa shape index (κ3) is 0.749. The molecular weight excluding hydrogens is 140 g/mol. The van der Waals surface area contributed by atoms with E-state index in [1.807, 2.05) is 6.07 Å². The Bertz CT molecular complexity index is 423. The fourth-order valence-corrected chi connectivity index (χ4v) is 0.938. The molecule has 0 saturated carbocycles. The van der Waals surface area contributed by atoms with Gasteiger partial charge in [-0.15, -0.1) is 0 Å². The molecule has 0 aliphatic rings. The SMILES string of the molecule is N#Cc1ncn2cnccc12. The third-order valence-corrected chi connectivity index (χ3v) is 1.45. The predicted octanol–water partition coefficient (Wildman–Crippen LogP) is 0.601. The lowest BCUT2D eigenvalue weighted by molar-refractivity contribution is 1.07. The van der Waals surface area contributed by atoms with Gasteiger partial charge in [0.2, 0.25) is 0 Å². The summed E-state index contributed by atoms with van der Waals surface area (Å²) in [5.74, 6) is 0. The van der Waals surface area contributed by atoms with Gasteiger partial charge < -0.3 is 0 Å². The highest BCUT2D eigenvalue weighted by Gasteiger charge is 1.99. The average Bonchev–Trinajstić information content (AvgIpc) is 2.47. The standard InChI is InChI=1S/C7H4N4/c8-3-6-7-1-2-9-4-11(7)5-10-6/h1-2,4-5H. The summed E-state index contributed by atoms with van der Waals surface area (Å²) in [4.78, 5) is 7.75. The summed E-state index contributed by atoms with van der Waals surface area (Å²) in [5, 5.41) is 8.58. The molecule has 0 amide bonds. The van der Waals surface area contributed by atoms with Crippen LogP contribution in [0.3, 0.4) is 0 Å². The predicted molar refractivity (Wildman–Crippen MR) is 37.7 cm³/mol. The van der Waals surface area contributed by atoms with Crippen molar-refractivity contribution in [3.63, 3.8) is 0 Å². The molecular formula is C7H4N4. The van der Waals surface area contributed by atoms with E-state index in [0.717, 1.165) is 5.52 Å². The third-order valence-electron chi connectivity index (χ3n) is 1.45. The molecule has 0 saturated heterocycles. The Kier molecular flexibility index (Phi) is 1.10. The molecule has 4 heteroatoms. The molecule has 0 aliphatic heterocycles. The summed E-state index contributed by atoms with van der Waals surface area (Å²) >= 11 is 0. The van der Waals surface area contributed by atoms with Gasteiger partial charge in [-0.05, 0) is 6.07 Å². The number of rotatable bonds is 0. The van der Waals surface area contributed by atoms with E-state index in [4.69, 9.17) is 5.26 Å². The summed E-state index contributed by atoms with van der Waals surface area (Å²) in [6.07, 6.45) is 4.82. The summed E-state index contributed by atoms with van der Waals surface area (Å²) in [5.41, 5.74) is 1.23. The first-order valence-electron chi connectivity index (χ1n) is 3.08. The van der Waals surface area contributed by atoms with Crippen molar-refractivity contribution in [2.75, 3.05) is 0 Å². The first kappa shape index (κ1) is 5.86. The average molecular weight is 144 g/mol. The van der Waals surface area contributed by atoms with Crippen molar-refractivity contribution in [1.82, 2.24) is 14.4 Å². The minimum absolute atomic E-state index is 0.437. The Labute approximate surface area is 62.7 Å². The molecule has 0 radical (unpaired) electrons. The van der Waals surface area contributed by atoms with Crippen LogP contribution in [0.25, 0.3) is 5.52 Å². The van der Waals surface area contributed by atoms with Gasteiger partial charge in [0.25, 0.3) is 0 Å². The van der Waals surface area contributed by atoms with Gasteiger partial charge in [-0.2, -0.15) is 5.26 Å². The highest BCUT2D eigenvalue weighted by molar-refractivity contribution is 5.56. The Morgan fingerprint density at radius 2 is 2.36 bits per heavy atom. The maximum atomic E-state index is 8.58. The topological polar surface area (TPSA) is 54.0 Å². The molecule has 2 aromatic heterocycles. The van der Waals surface area contributed by atoms with Crippen molar-refractivity contribution in [3.8, 4) is 6.07 Å². The maximum Gasteiger partial charge on any atom is 0.166 e. The smallest absolute Gasteiger partial charge is 0.166 e. The van der Waals surface area contributed by atoms with Crippen molar-refractivity contribution < 1.29 is 0 Å². The number of hydrogen-bond acceptors (Lipinski definition) is 3. The van der Waals surface area contributed by atoms with Crippen LogP contribution in [-0.2, 0) is 0 Å². The maximum absolute atomic E-state index is 8.58. The lowest BCUT2D eigenvalue weighted by atomic mass is 10.4. The fourth-order valence-electron chi connectivity index (χ4n) is 0.938. The number of hydrogen-bond donors (Lipinski definition) is 0. The molecule has 2 aromatic rings. The highest BCUT2D eigenvalue weighted by atomic mass is 15.0. The summed E-state index contributed by atoms with van der Waals surface area (Å²) in [6, 6.07) is 3.75. The highest BCUT2D eigenvalue weighted by Crippen LogP contribution is 2.04. The van der Waals surface area contributed by atoms with E-state index in [0.29, 0.717) is 5.69 Å². The normalized spacial score (nSPS) is 9.73. The molecule has 0 atom stereocenters. The van der Waals surface area contributed by atoms with Crippen LogP contribution >= 0.6 is 0 Å². The van der Waals surface area contributed by atoms with Crippen LogP contribution in [0.5, 0.6) is 0 Å². The van der Waals surface area contributed by atoms with Crippen LogP contribution in [0.15, 0.2) is 24.9 Å². The second-order valence-corrected chi connectivity index (χ2v) is 2.08. The molecule has 2 rings (SSSR count). The van der Waals surface area contributed by atoms with E-state index in [-0.39, 0.29) is 0 Å². The molecule has 0 N–H and O–H groups in total.